The first kappa shape index (κ1) is 21.1. The molecule has 0 radical (unpaired) electrons. The highest BCUT2D eigenvalue weighted by atomic mass is 16.2. The number of aromatic nitrogens is 4. The van der Waals surface area contributed by atoms with Crippen LogP contribution in [0.25, 0.3) is 22.1 Å². The molecule has 0 saturated heterocycles. The van der Waals surface area contributed by atoms with Gasteiger partial charge in [-0.3, -0.25) is 0 Å². The Hall–Kier alpha value is -3.81. The van der Waals surface area contributed by atoms with Gasteiger partial charge in [-0.15, -0.1) is 0 Å². The van der Waals surface area contributed by atoms with Crippen molar-refractivity contribution in [2.24, 2.45) is 0 Å². The first-order chi connectivity index (χ1) is 15.8. The largest absolute Gasteiger partial charge is 0.355 e. The molecular formula is C25H29N7O. The van der Waals surface area contributed by atoms with E-state index in [2.05, 4.69) is 43.8 Å². The number of aromatic amines is 1. The van der Waals surface area contributed by atoms with Crippen molar-refractivity contribution in [2.45, 2.75) is 39.7 Å². The number of nitrogens with zero attached hydrogens (tertiary/aromatic N) is 4. The normalized spacial score (nSPS) is 14.5. The zero-order chi connectivity index (χ0) is 23.2. The maximum absolute atomic E-state index is 12.5. The lowest BCUT2D eigenvalue weighted by atomic mass is 10.0. The van der Waals surface area contributed by atoms with Gasteiger partial charge in [0, 0.05) is 47.8 Å². The van der Waals surface area contributed by atoms with Crippen molar-refractivity contribution in [1.29, 1.82) is 0 Å². The monoisotopic (exact) mass is 443 g/mol. The maximum atomic E-state index is 12.5. The number of anilines is 2. The minimum absolute atomic E-state index is 0.0204. The molecule has 0 spiro atoms. The van der Waals surface area contributed by atoms with Crippen LogP contribution in [0.3, 0.4) is 0 Å². The number of imidazole rings is 1. The van der Waals surface area contributed by atoms with Gasteiger partial charge < -0.3 is 24.9 Å². The van der Waals surface area contributed by atoms with Gasteiger partial charge in [0.1, 0.15) is 5.65 Å². The van der Waals surface area contributed by atoms with Gasteiger partial charge in [0.2, 0.25) is 0 Å². The van der Waals surface area contributed by atoms with Crippen LogP contribution in [0.1, 0.15) is 38.6 Å². The number of nitrogens with one attached hydrogen (secondary N) is 3. The van der Waals surface area contributed by atoms with Crippen LogP contribution >= 0.6 is 0 Å². The summed E-state index contributed by atoms with van der Waals surface area (Å²) in [5.74, 6) is 0. The molecule has 33 heavy (non-hydrogen) atoms. The maximum Gasteiger partial charge on any atom is 0.318 e. The fourth-order valence-electron chi connectivity index (χ4n) is 4.16. The summed E-state index contributed by atoms with van der Waals surface area (Å²) >= 11 is 0. The summed E-state index contributed by atoms with van der Waals surface area (Å²) < 4.78 is 2.01. The van der Waals surface area contributed by atoms with Crippen LogP contribution in [-0.4, -0.2) is 48.9 Å². The number of hydrogen-bond donors (Lipinski definition) is 3. The lowest BCUT2D eigenvalue weighted by molar-refractivity contribution is 0.193. The smallest absolute Gasteiger partial charge is 0.318 e. The van der Waals surface area contributed by atoms with E-state index < -0.39 is 0 Å². The van der Waals surface area contributed by atoms with Gasteiger partial charge in [-0.25, -0.2) is 14.8 Å². The SMILES string of the molecule is Cc1ncn2ccc(Nc3ccnc4[nH]c(C5=CCN(C(=O)NC(C)(C)C)CC5)cc34)cc12. The number of amides is 2. The summed E-state index contributed by atoms with van der Waals surface area (Å²) in [5.41, 5.74) is 6.91. The molecule has 5 heterocycles. The van der Waals surface area contributed by atoms with E-state index in [1.165, 1.54) is 5.57 Å². The predicted molar refractivity (Wildman–Crippen MR) is 132 cm³/mol. The van der Waals surface area contributed by atoms with Gasteiger partial charge in [-0.2, -0.15) is 0 Å². The summed E-state index contributed by atoms with van der Waals surface area (Å²) in [6.45, 7) is 9.27. The van der Waals surface area contributed by atoms with Gasteiger partial charge in [0.25, 0.3) is 0 Å². The highest BCUT2D eigenvalue weighted by Crippen LogP contribution is 2.30. The van der Waals surface area contributed by atoms with Crippen LogP contribution < -0.4 is 10.6 Å². The highest BCUT2D eigenvalue weighted by molar-refractivity contribution is 5.94. The van der Waals surface area contributed by atoms with Gasteiger partial charge in [-0.1, -0.05) is 6.08 Å². The van der Waals surface area contributed by atoms with E-state index in [-0.39, 0.29) is 11.6 Å². The van der Waals surface area contributed by atoms with Crippen LogP contribution in [0.2, 0.25) is 0 Å². The van der Waals surface area contributed by atoms with Crippen molar-refractivity contribution in [3.8, 4) is 0 Å². The van der Waals surface area contributed by atoms with E-state index >= 15 is 0 Å². The molecule has 0 atom stereocenters. The van der Waals surface area contributed by atoms with Crippen molar-refractivity contribution >= 4 is 39.5 Å². The van der Waals surface area contributed by atoms with E-state index in [0.29, 0.717) is 13.1 Å². The molecule has 0 saturated carbocycles. The minimum Gasteiger partial charge on any atom is -0.355 e. The number of carbonyl (C=O) groups is 1. The number of fused-ring (bicyclic) bond motifs is 2. The molecule has 5 rings (SSSR count). The first-order valence-electron chi connectivity index (χ1n) is 11.2. The van der Waals surface area contributed by atoms with Crippen molar-refractivity contribution < 1.29 is 4.79 Å². The Morgan fingerprint density at radius 3 is 2.79 bits per heavy atom. The average molecular weight is 444 g/mol. The number of hydrogen-bond acceptors (Lipinski definition) is 4. The van der Waals surface area contributed by atoms with Crippen LogP contribution in [0.4, 0.5) is 16.2 Å². The number of pyridine rings is 2. The standard InChI is InChI=1S/C25H29N7O/c1-16-22-13-18(8-12-32(22)15-27-16)28-20-5-9-26-23-19(20)14-21(29-23)17-6-10-31(11-7-17)24(33)30-25(2,3)4/h5-6,8-9,12-15H,7,10-11H2,1-4H3,(H,30,33)(H2,26,28,29). The molecule has 2 amide bonds. The van der Waals surface area contributed by atoms with Crippen LogP contribution in [-0.2, 0) is 0 Å². The molecule has 4 aromatic heterocycles. The van der Waals surface area contributed by atoms with Gasteiger partial charge in [0.15, 0.2) is 0 Å². The topological polar surface area (TPSA) is 90.3 Å². The molecule has 8 heteroatoms. The summed E-state index contributed by atoms with van der Waals surface area (Å²) in [5, 5.41) is 7.60. The molecule has 3 N–H and O–H groups in total. The van der Waals surface area contributed by atoms with E-state index in [9.17, 15) is 4.79 Å². The molecule has 0 fully saturated rings. The number of rotatable bonds is 3. The molecule has 0 aromatic carbocycles. The van der Waals surface area contributed by atoms with E-state index in [1.807, 2.05) is 61.7 Å². The first-order valence-corrected chi connectivity index (χ1v) is 11.2. The fourth-order valence-corrected chi connectivity index (χ4v) is 4.16. The number of H-pyrrole nitrogens is 1. The second kappa shape index (κ2) is 7.95. The van der Waals surface area contributed by atoms with Crippen molar-refractivity contribution in [1.82, 2.24) is 29.6 Å². The Kier molecular flexibility index (Phi) is 5.08. The Morgan fingerprint density at radius 2 is 2.03 bits per heavy atom. The van der Waals surface area contributed by atoms with Gasteiger partial charge in [0.05, 0.1) is 23.2 Å². The lowest BCUT2D eigenvalue weighted by Gasteiger charge is -2.30. The highest BCUT2D eigenvalue weighted by Gasteiger charge is 2.22. The second-order valence-electron chi connectivity index (χ2n) is 9.57. The summed E-state index contributed by atoms with van der Waals surface area (Å²) in [6.07, 6.45) is 8.56. The third kappa shape index (κ3) is 4.28. The molecular weight excluding hydrogens is 414 g/mol. The molecule has 4 aromatic rings. The van der Waals surface area contributed by atoms with Crippen molar-refractivity contribution in [3.63, 3.8) is 0 Å². The van der Waals surface area contributed by atoms with Crippen LogP contribution in [0.15, 0.2) is 49.1 Å². The Balaban J connectivity index is 1.37. The number of urea groups is 1. The van der Waals surface area contributed by atoms with E-state index in [4.69, 9.17) is 0 Å². The lowest BCUT2D eigenvalue weighted by Crippen LogP contribution is -2.49. The average Bonchev–Trinajstić information content (AvgIpc) is 3.37. The second-order valence-corrected chi connectivity index (χ2v) is 9.57. The zero-order valence-corrected chi connectivity index (χ0v) is 19.4. The van der Waals surface area contributed by atoms with Crippen molar-refractivity contribution in [2.75, 3.05) is 18.4 Å². The molecule has 0 unspecified atom stereocenters. The minimum atomic E-state index is -0.241. The third-order valence-corrected chi connectivity index (χ3v) is 5.87. The zero-order valence-electron chi connectivity index (χ0n) is 19.4. The third-order valence-electron chi connectivity index (χ3n) is 5.87. The quantitative estimate of drug-likeness (QED) is 0.422. The molecule has 1 aliphatic rings. The van der Waals surface area contributed by atoms with E-state index in [0.717, 1.165) is 45.7 Å². The summed E-state index contributed by atoms with van der Waals surface area (Å²) in [4.78, 5) is 26.7. The Morgan fingerprint density at radius 1 is 1.18 bits per heavy atom. The van der Waals surface area contributed by atoms with Crippen LogP contribution in [0, 0.1) is 6.92 Å². The van der Waals surface area contributed by atoms with Crippen LogP contribution in [0.5, 0.6) is 0 Å². The number of aryl methyl sites for hydroxylation is 1. The van der Waals surface area contributed by atoms with E-state index in [1.54, 1.807) is 6.20 Å². The molecule has 8 nitrogen and oxygen atoms in total. The molecule has 0 aliphatic carbocycles. The summed E-state index contributed by atoms with van der Waals surface area (Å²) in [7, 11) is 0. The Labute approximate surface area is 192 Å². The van der Waals surface area contributed by atoms with Gasteiger partial charge >= 0.3 is 6.03 Å². The molecule has 170 valence electrons. The molecule has 0 bridgehead atoms. The number of carbonyl (C=O) groups excluding carboxylic acids is 1. The molecule has 1 aliphatic heterocycles. The van der Waals surface area contributed by atoms with Crippen molar-refractivity contribution in [3.05, 3.63) is 60.5 Å². The predicted octanol–water partition coefficient (Wildman–Crippen LogP) is 4.86. The summed E-state index contributed by atoms with van der Waals surface area (Å²) in [6, 6.07) is 8.25. The Bertz CT molecular complexity index is 1370. The van der Waals surface area contributed by atoms with Gasteiger partial charge in [-0.05, 0) is 64.0 Å². The fraction of sp³-hybridized carbons (Fsp3) is 0.320.